The summed E-state index contributed by atoms with van der Waals surface area (Å²) in [6.45, 7) is 0. The first-order valence-electron chi connectivity index (χ1n) is 4.96. The lowest BCUT2D eigenvalue weighted by molar-refractivity contribution is 0.482. The highest BCUT2D eigenvalue weighted by atomic mass is 35.5. The second-order valence-electron chi connectivity index (χ2n) is 3.30. The SMILES string of the molecule is CNc1cc(Oc2ccc(Cl)c(Cl)c2)ccn1. The molecule has 0 saturated carbocycles. The summed E-state index contributed by atoms with van der Waals surface area (Å²) in [7, 11) is 1.80. The van der Waals surface area contributed by atoms with Crippen LogP contribution in [-0.4, -0.2) is 12.0 Å². The van der Waals surface area contributed by atoms with Crippen LogP contribution in [0.5, 0.6) is 11.5 Å². The van der Waals surface area contributed by atoms with E-state index in [2.05, 4.69) is 10.3 Å². The molecule has 0 radical (unpaired) electrons. The maximum Gasteiger partial charge on any atom is 0.132 e. The zero-order valence-corrected chi connectivity index (χ0v) is 10.6. The van der Waals surface area contributed by atoms with E-state index in [9.17, 15) is 0 Å². The monoisotopic (exact) mass is 268 g/mol. The molecule has 0 bridgehead atoms. The lowest BCUT2D eigenvalue weighted by Crippen LogP contribution is -1.92. The Hall–Kier alpha value is -1.45. The molecular weight excluding hydrogens is 259 g/mol. The number of aromatic nitrogens is 1. The van der Waals surface area contributed by atoms with E-state index in [1.165, 1.54) is 0 Å². The van der Waals surface area contributed by atoms with Gasteiger partial charge in [0, 0.05) is 25.4 Å². The summed E-state index contributed by atoms with van der Waals surface area (Å²) in [4.78, 5) is 4.09. The number of pyridine rings is 1. The van der Waals surface area contributed by atoms with Crippen LogP contribution in [0, 0.1) is 0 Å². The molecule has 0 aliphatic carbocycles. The van der Waals surface area contributed by atoms with Crippen LogP contribution in [0.4, 0.5) is 5.82 Å². The van der Waals surface area contributed by atoms with Gasteiger partial charge in [0.1, 0.15) is 17.3 Å². The van der Waals surface area contributed by atoms with E-state index in [0.717, 1.165) is 5.82 Å². The van der Waals surface area contributed by atoms with Crippen molar-refractivity contribution in [3.63, 3.8) is 0 Å². The molecule has 0 atom stereocenters. The maximum atomic E-state index is 5.90. The Morgan fingerprint density at radius 1 is 1.06 bits per heavy atom. The number of benzene rings is 1. The standard InChI is InChI=1S/C12H10Cl2N2O/c1-15-12-7-9(4-5-16-12)17-8-2-3-10(13)11(14)6-8/h2-7H,1H3,(H,15,16). The molecule has 17 heavy (non-hydrogen) atoms. The van der Waals surface area contributed by atoms with E-state index in [1.807, 2.05) is 0 Å². The molecule has 88 valence electrons. The van der Waals surface area contributed by atoms with E-state index in [-0.39, 0.29) is 0 Å². The first kappa shape index (κ1) is 12.0. The van der Waals surface area contributed by atoms with Crippen molar-refractivity contribution in [2.24, 2.45) is 0 Å². The largest absolute Gasteiger partial charge is 0.457 e. The number of halogens is 2. The maximum absolute atomic E-state index is 5.90. The van der Waals surface area contributed by atoms with Gasteiger partial charge >= 0.3 is 0 Å². The van der Waals surface area contributed by atoms with E-state index in [0.29, 0.717) is 21.5 Å². The van der Waals surface area contributed by atoms with Crippen LogP contribution in [0.3, 0.4) is 0 Å². The Labute approximate surface area is 109 Å². The lowest BCUT2D eigenvalue weighted by atomic mass is 10.3. The molecule has 0 aliphatic heterocycles. The first-order valence-corrected chi connectivity index (χ1v) is 5.71. The topological polar surface area (TPSA) is 34.1 Å². The van der Waals surface area contributed by atoms with Gasteiger partial charge < -0.3 is 10.1 Å². The van der Waals surface area contributed by atoms with Crippen molar-refractivity contribution in [3.05, 3.63) is 46.6 Å². The minimum Gasteiger partial charge on any atom is -0.457 e. The summed E-state index contributed by atoms with van der Waals surface area (Å²) >= 11 is 11.7. The Kier molecular flexibility index (Phi) is 3.71. The van der Waals surface area contributed by atoms with Gasteiger partial charge in [0.2, 0.25) is 0 Å². The van der Waals surface area contributed by atoms with E-state index < -0.39 is 0 Å². The van der Waals surface area contributed by atoms with Crippen LogP contribution in [-0.2, 0) is 0 Å². The minimum atomic E-state index is 0.465. The molecule has 2 aromatic rings. The van der Waals surface area contributed by atoms with Gasteiger partial charge in [-0.05, 0) is 18.2 Å². The average Bonchev–Trinajstić information content (AvgIpc) is 2.34. The summed E-state index contributed by atoms with van der Waals surface area (Å²) in [6, 6.07) is 8.68. The fourth-order valence-corrected chi connectivity index (χ4v) is 1.58. The molecule has 1 heterocycles. The highest BCUT2D eigenvalue weighted by molar-refractivity contribution is 6.42. The van der Waals surface area contributed by atoms with Crippen molar-refractivity contribution < 1.29 is 4.74 Å². The van der Waals surface area contributed by atoms with Crippen LogP contribution in [0.15, 0.2) is 36.5 Å². The van der Waals surface area contributed by atoms with Gasteiger partial charge in [0.05, 0.1) is 10.0 Å². The highest BCUT2D eigenvalue weighted by Crippen LogP contribution is 2.29. The van der Waals surface area contributed by atoms with E-state index in [4.69, 9.17) is 27.9 Å². The van der Waals surface area contributed by atoms with Crippen LogP contribution in [0.2, 0.25) is 10.0 Å². The molecule has 0 unspecified atom stereocenters. The van der Waals surface area contributed by atoms with Crippen molar-refractivity contribution in [2.75, 3.05) is 12.4 Å². The molecule has 1 N–H and O–H groups in total. The lowest BCUT2D eigenvalue weighted by Gasteiger charge is -2.07. The van der Waals surface area contributed by atoms with Crippen molar-refractivity contribution in [2.45, 2.75) is 0 Å². The fraction of sp³-hybridized carbons (Fsp3) is 0.0833. The van der Waals surface area contributed by atoms with Gasteiger partial charge in [-0.1, -0.05) is 23.2 Å². The number of ether oxygens (including phenoxy) is 1. The third kappa shape index (κ3) is 3.02. The van der Waals surface area contributed by atoms with Crippen LogP contribution in [0.25, 0.3) is 0 Å². The molecular formula is C12H10Cl2N2O. The molecule has 0 spiro atoms. The Morgan fingerprint density at radius 2 is 1.82 bits per heavy atom. The van der Waals surface area contributed by atoms with E-state index in [1.54, 1.807) is 43.6 Å². The van der Waals surface area contributed by atoms with Gasteiger partial charge in [-0.3, -0.25) is 0 Å². The van der Waals surface area contributed by atoms with Crippen LogP contribution < -0.4 is 10.1 Å². The highest BCUT2D eigenvalue weighted by Gasteiger charge is 2.02. The third-order valence-corrected chi connectivity index (χ3v) is 2.85. The summed E-state index contributed by atoms with van der Waals surface area (Å²) in [6.07, 6.45) is 1.67. The third-order valence-electron chi connectivity index (χ3n) is 2.11. The van der Waals surface area contributed by atoms with Crippen LogP contribution >= 0.6 is 23.2 Å². The molecule has 0 fully saturated rings. The second kappa shape index (κ2) is 5.25. The number of hydrogen-bond acceptors (Lipinski definition) is 3. The Bertz CT molecular complexity index is 532. The smallest absolute Gasteiger partial charge is 0.132 e. The number of nitrogens with one attached hydrogen (secondary N) is 1. The molecule has 0 aliphatic rings. The fourth-order valence-electron chi connectivity index (χ4n) is 1.29. The van der Waals surface area contributed by atoms with Gasteiger partial charge in [0.15, 0.2) is 0 Å². The minimum absolute atomic E-state index is 0.465. The van der Waals surface area contributed by atoms with Gasteiger partial charge in [0.25, 0.3) is 0 Å². The second-order valence-corrected chi connectivity index (χ2v) is 4.12. The van der Waals surface area contributed by atoms with Gasteiger partial charge in [-0.2, -0.15) is 0 Å². The predicted molar refractivity (Wildman–Crippen MR) is 70.3 cm³/mol. The number of nitrogens with zero attached hydrogens (tertiary/aromatic N) is 1. The molecule has 1 aromatic heterocycles. The Morgan fingerprint density at radius 3 is 2.53 bits per heavy atom. The van der Waals surface area contributed by atoms with Crippen molar-refractivity contribution in [3.8, 4) is 11.5 Å². The predicted octanol–water partition coefficient (Wildman–Crippen LogP) is 4.22. The summed E-state index contributed by atoms with van der Waals surface area (Å²) in [5, 5.41) is 3.90. The van der Waals surface area contributed by atoms with E-state index >= 15 is 0 Å². The summed E-state index contributed by atoms with van der Waals surface area (Å²) in [5.41, 5.74) is 0. The average molecular weight is 269 g/mol. The Balaban J connectivity index is 2.22. The van der Waals surface area contributed by atoms with Crippen molar-refractivity contribution in [1.82, 2.24) is 4.98 Å². The molecule has 1 aromatic carbocycles. The molecule has 0 saturated heterocycles. The summed E-state index contributed by atoms with van der Waals surface area (Å²) < 4.78 is 5.63. The molecule has 3 nitrogen and oxygen atoms in total. The van der Waals surface area contributed by atoms with Gasteiger partial charge in [-0.15, -0.1) is 0 Å². The van der Waals surface area contributed by atoms with Crippen molar-refractivity contribution in [1.29, 1.82) is 0 Å². The van der Waals surface area contributed by atoms with Crippen LogP contribution in [0.1, 0.15) is 0 Å². The van der Waals surface area contributed by atoms with Gasteiger partial charge in [-0.25, -0.2) is 4.98 Å². The quantitative estimate of drug-likeness (QED) is 0.905. The zero-order valence-electron chi connectivity index (χ0n) is 9.08. The molecule has 0 amide bonds. The normalized spacial score (nSPS) is 10.1. The van der Waals surface area contributed by atoms with Crippen molar-refractivity contribution >= 4 is 29.0 Å². The number of anilines is 1. The molecule has 2 rings (SSSR count). The number of rotatable bonds is 3. The molecule has 5 heteroatoms. The zero-order chi connectivity index (χ0) is 12.3. The summed E-state index contributed by atoms with van der Waals surface area (Å²) in [5.74, 6) is 2.05. The number of hydrogen-bond donors (Lipinski definition) is 1. The first-order chi connectivity index (χ1) is 8.19.